The van der Waals surface area contributed by atoms with Gasteiger partial charge in [-0.05, 0) is 30.3 Å². The summed E-state index contributed by atoms with van der Waals surface area (Å²) in [5, 5.41) is 11.3. The van der Waals surface area contributed by atoms with Gasteiger partial charge in [-0.3, -0.25) is 0 Å². The molecule has 0 amide bonds. The average Bonchev–Trinajstić information content (AvgIpc) is 2.33. The third-order valence-corrected chi connectivity index (χ3v) is 2.51. The van der Waals surface area contributed by atoms with Crippen molar-refractivity contribution in [3.8, 4) is 0 Å². The van der Waals surface area contributed by atoms with Crippen molar-refractivity contribution in [3.05, 3.63) is 53.6 Å². The maximum atomic E-state index is 13.4. The largest absolute Gasteiger partial charge is 0.478 e. The van der Waals surface area contributed by atoms with E-state index < -0.39 is 17.6 Å². The first-order chi connectivity index (χ1) is 8.99. The van der Waals surface area contributed by atoms with E-state index in [1.54, 1.807) is 0 Å². The molecule has 0 radical (unpaired) electrons. The molecule has 0 saturated carbocycles. The van der Waals surface area contributed by atoms with E-state index in [2.05, 4.69) is 5.32 Å². The molecule has 0 aromatic heterocycles. The smallest absolute Gasteiger partial charge is 0.337 e. The Morgan fingerprint density at radius 3 is 2.32 bits per heavy atom. The van der Waals surface area contributed by atoms with Gasteiger partial charge in [0.15, 0.2) is 0 Å². The monoisotopic (exact) mass is 264 g/mol. The Balaban J connectivity index is 2.34. The van der Waals surface area contributed by atoms with Crippen LogP contribution in [0.15, 0.2) is 36.4 Å². The molecule has 0 heterocycles. The first kappa shape index (κ1) is 12.8. The summed E-state index contributed by atoms with van der Waals surface area (Å²) in [4.78, 5) is 10.8. The van der Waals surface area contributed by atoms with Crippen molar-refractivity contribution in [2.45, 2.75) is 0 Å². The zero-order valence-corrected chi connectivity index (χ0v) is 9.65. The van der Waals surface area contributed by atoms with E-state index in [4.69, 9.17) is 10.8 Å². The van der Waals surface area contributed by atoms with Gasteiger partial charge in [0.1, 0.15) is 17.3 Å². The highest BCUT2D eigenvalue weighted by Crippen LogP contribution is 2.25. The standard InChI is InChI=1S/C13H10F2N2O2/c14-9-2-1-3-10(15)12(9)17-7-4-5-8(13(18)19)11(16)6-7/h1-6,17H,16H2,(H,18,19). The maximum Gasteiger partial charge on any atom is 0.337 e. The number of halogens is 2. The Bertz CT molecular complexity index is 624. The van der Waals surface area contributed by atoms with Crippen LogP contribution in [0.5, 0.6) is 0 Å². The SMILES string of the molecule is Nc1cc(Nc2c(F)cccc2F)ccc1C(=O)O. The lowest BCUT2D eigenvalue weighted by Gasteiger charge is -2.10. The van der Waals surface area contributed by atoms with Crippen LogP contribution in [-0.2, 0) is 0 Å². The normalized spacial score (nSPS) is 10.2. The zero-order valence-electron chi connectivity index (χ0n) is 9.65. The molecule has 0 unspecified atom stereocenters. The molecule has 0 aliphatic carbocycles. The molecular formula is C13H10F2N2O2. The summed E-state index contributed by atoms with van der Waals surface area (Å²) >= 11 is 0. The molecule has 0 aliphatic heterocycles. The van der Waals surface area contributed by atoms with E-state index in [1.165, 1.54) is 24.3 Å². The summed E-state index contributed by atoms with van der Waals surface area (Å²) in [6, 6.07) is 7.41. The number of rotatable bonds is 3. The van der Waals surface area contributed by atoms with Crippen LogP contribution in [0, 0.1) is 11.6 Å². The highest BCUT2D eigenvalue weighted by atomic mass is 19.1. The number of hydrogen-bond acceptors (Lipinski definition) is 3. The average molecular weight is 264 g/mol. The zero-order chi connectivity index (χ0) is 14.0. The number of carboxylic acid groups (broad SMARTS) is 1. The van der Waals surface area contributed by atoms with E-state index in [0.717, 1.165) is 12.1 Å². The van der Waals surface area contributed by atoms with Crippen molar-refractivity contribution in [3.63, 3.8) is 0 Å². The molecule has 0 spiro atoms. The minimum absolute atomic E-state index is 0.00856. The molecule has 4 N–H and O–H groups in total. The molecule has 2 rings (SSSR count). The predicted molar refractivity (Wildman–Crippen MR) is 67.5 cm³/mol. The van der Waals surface area contributed by atoms with Crippen LogP contribution in [0.4, 0.5) is 25.8 Å². The molecule has 2 aromatic carbocycles. The van der Waals surface area contributed by atoms with E-state index in [1.807, 2.05) is 0 Å². The van der Waals surface area contributed by atoms with Gasteiger partial charge in [0, 0.05) is 11.4 Å². The molecule has 0 bridgehead atoms. The summed E-state index contributed by atoms with van der Waals surface area (Å²) in [6.07, 6.45) is 0. The lowest BCUT2D eigenvalue weighted by atomic mass is 10.1. The number of benzene rings is 2. The van der Waals surface area contributed by atoms with Gasteiger partial charge in [-0.1, -0.05) is 6.07 Å². The van der Waals surface area contributed by atoms with E-state index in [9.17, 15) is 13.6 Å². The van der Waals surface area contributed by atoms with E-state index in [0.29, 0.717) is 5.69 Å². The number of carboxylic acids is 1. The van der Waals surface area contributed by atoms with Gasteiger partial charge in [-0.2, -0.15) is 0 Å². The first-order valence-electron chi connectivity index (χ1n) is 5.33. The summed E-state index contributed by atoms with van der Waals surface area (Å²) < 4.78 is 26.8. The molecule has 98 valence electrons. The number of nitrogens with two attached hydrogens (primary N) is 1. The van der Waals surface area contributed by atoms with Crippen LogP contribution in [0.3, 0.4) is 0 Å². The van der Waals surface area contributed by atoms with Gasteiger partial charge < -0.3 is 16.2 Å². The fraction of sp³-hybridized carbons (Fsp3) is 0. The lowest BCUT2D eigenvalue weighted by Crippen LogP contribution is -2.04. The fourth-order valence-corrected chi connectivity index (χ4v) is 1.60. The number of aromatic carboxylic acids is 1. The molecule has 4 nitrogen and oxygen atoms in total. The van der Waals surface area contributed by atoms with Crippen molar-refractivity contribution in [1.29, 1.82) is 0 Å². The summed E-state index contributed by atoms with van der Waals surface area (Å²) in [6.45, 7) is 0. The van der Waals surface area contributed by atoms with Crippen molar-refractivity contribution in [2.24, 2.45) is 0 Å². The summed E-state index contributed by atoms with van der Waals surface area (Å²) in [5.74, 6) is -2.66. The quantitative estimate of drug-likeness (QED) is 0.745. The van der Waals surface area contributed by atoms with Gasteiger partial charge in [0.2, 0.25) is 0 Å². The number of para-hydroxylation sites is 1. The molecule has 19 heavy (non-hydrogen) atoms. The Morgan fingerprint density at radius 1 is 1.16 bits per heavy atom. The molecule has 0 atom stereocenters. The Morgan fingerprint density at radius 2 is 1.79 bits per heavy atom. The van der Waals surface area contributed by atoms with Gasteiger partial charge >= 0.3 is 5.97 Å². The second-order valence-corrected chi connectivity index (χ2v) is 3.83. The molecule has 6 heteroatoms. The third-order valence-electron chi connectivity index (χ3n) is 2.51. The van der Waals surface area contributed by atoms with Gasteiger partial charge in [0.25, 0.3) is 0 Å². The molecule has 0 saturated heterocycles. The van der Waals surface area contributed by atoms with Crippen LogP contribution in [0.2, 0.25) is 0 Å². The highest BCUT2D eigenvalue weighted by molar-refractivity contribution is 5.94. The second-order valence-electron chi connectivity index (χ2n) is 3.83. The molecular weight excluding hydrogens is 254 g/mol. The number of hydrogen-bond donors (Lipinski definition) is 3. The van der Waals surface area contributed by atoms with Crippen LogP contribution in [0.1, 0.15) is 10.4 Å². The van der Waals surface area contributed by atoms with Crippen LogP contribution >= 0.6 is 0 Å². The number of nitrogens with one attached hydrogen (secondary N) is 1. The first-order valence-corrected chi connectivity index (χ1v) is 5.33. The van der Waals surface area contributed by atoms with Gasteiger partial charge in [-0.15, -0.1) is 0 Å². The topological polar surface area (TPSA) is 75.3 Å². The summed E-state index contributed by atoms with van der Waals surface area (Å²) in [7, 11) is 0. The van der Waals surface area contributed by atoms with Crippen LogP contribution in [0.25, 0.3) is 0 Å². The van der Waals surface area contributed by atoms with Crippen molar-refractivity contribution in [1.82, 2.24) is 0 Å². The van der Waals surface area contributed by atoms with E-state index >= 15 is 0 Å². The molecule has 2 aromatic rings. The second kappa shape index (κ2) is 4.93. The Hall–Kier alpha value is -2.63. The van der Waals surface area contributed by atoms with Gasteiger partial charge in [0.05, 0.1) is 5.56 Å². The number of carbonyl (C=O) groups is 1. The van der Waals surface area contributed by atoms with Crippen molar-refractivity contribution < 1.29 is 18.7 Å². The third kappa shape index (κ3) is 2.62. The van der Waals surface area contributed by atoms with Crippen LogP contribution in [-0.4, -0.2) is 11.1 Å². The predicted octanol–water partition coefficient (Wildman–Crippen LogP) is 2.99. The lowest BCUT2D eigenvalue weighted by molar-refractivity contribution is 0.0698. The number of nitrogen functional groups attached to an aromatic ring is 1. The molecule has 0 aliphatic rings. The van der Waals surface area contributed by atoms with Crippen LogP contribution < -0.4 is 11.1 Å². The van der Waals surface area contributed by atoms with Crippen molar-refractivity contribution in [2.75, 3.05) is 11.1 Å². The Labute approximate surface area is 107 Å². The molecule has 0 fully saturated rings. The Kier molecular flexibility index (Phi) is 3.33. The van der Waals surface area contributed by atoms with Crippen molar-refractivity contribution >= 4 is 23.0 Å². The van der Waals surface area contributed by atoms with E-state index in [-0.39, 0.29) is 16.9 Å². The fourth-order valence-electron chi connectivity index (χ4n) is 1.60. The minimum Gasteiger partial charge on any atom is -0.478 e. The van der Waals surface area contributed by atoms with Gasteiger partial charge in [-0.25, -0.2) is 13.6 Å². The number of anilines is 3. The highest BCUT2D eigenvalue weighted by Gasteiger charge is 2.11. The minimum atomic E-state index is -1.17. The maximum absolute atomic E-state index is 13.4. The summed E-state index contributed by atoms with van der Waals surface area (Å²) in [5.41, 5.74) is 5.47.